The van der Waals surface area contributed by atoms with E-state index in [0.717, 1.165) is 25.9 Å². The van der Waals surface area contributed by atoms with Crippen LogP contribution >= 0.6 is 0 Å². The third kappa shape index (κ3) is 2.49. The zero-order valence-electron chi connectivity index (χ0n) is 6.62. The Balaban J connectivity index is 2.28. The topological polar surface area (TPSA) is 46.9 Å². The highest BCUT2D eigenvalue weighted by Crippen LogP contribution is 2.14. The van der Waals surface area contributed by atoms with E-state index in [1.54, 1.807) is 0 Å². The molecule has 0 aromatic carbocycles. The number of nitriles is 1. The quantitative estimate of drug-likeness (QED) is 0.547. The van der Waals surface area contributed by atoms with E-state index in [4.69, 9.17) is 5.26 Å². The first-order valence-electron chi connectivity index (χ1n) is 4.04. The normalized spacial score (nSPS) is 26.4. The zero-order valence-corrected chi connectivity index (χ0v) is 6.62. The van der Waals surface area contributed by atoms with E-state index in [2.05, 4.69) is 11.0 Å². The molecular formula is C8H13N2O. The van der Waals surface area contributed by atoms with Crippen molar-refractivity contribution < 1.29 is 5.11 Å². The van der Waals surface area contributed by atoms with Gasteiger partial charge in [-0.1, -0.05) is 0 Å². The van der Waals surface area contributed by atoms with Crippen molar-refractivity contribution in [2.45, 2.75) is 12.8 Å². The highest BCUT2D eigenvalue weighted by Gasteiger charge is 2.18. The summed E-state index contributed by atoms with van der Waals surface area (Å²) in [7, 11) is 0. The van der Waals surface area contributed by atoms with Crippen molar-refractivity contribution in [2.24, 2.45) is 5.92 Å². The summed E-state index contributed by atoms with van der Waals surface area (Å²) in [5, 5.41) is 18.9. The second kappa shape index (κ2) is 4.32. The molecule has 0 aliphatic carbocycles. The summed E-state index contributed by atoms with van der Waals surface area (Å²) in [6.07, 6.45) is 2.13. The summed E-state index contributed by atoms with van der Waals surface area (Å²) in [5.74, 6) is 0.289. The molecule has 0 amide bonds. The second-order valence-corrected chi connectivity index (χ2v) is 3.07. The number of piperidine rings is 1. The van der Waals surface area contributed by atoms with Gasteiger partial charge in [0.15, 0.2) is 0 Å². The van der Waals surface area contributed by atoms with Crippen LogP contribution in [0.5, 0.6) is 0 Å². The molecule has 1 saturated heterocycles. The smallest absolute Gasteiger partial charge is 0.0866 e. The first-order chi connectivity index (χ1) is 5.36. The van der Waals surface area contributed by atoms with Gasteiger partial charge in [0.1, 0.15) is 0 Å². The van der Waals surface area contributed by atoms with E-state index in [0.29, 0.717) is 6.54 Å². The van der Waals surface area contributed by atoms with Gasteiger partial charge in [-0.05, 0) is 25.3 Å². The van der Waals surface area contributed by atoms with Crippen LogP contribution in [0.1, 0.15) is 12.8 Å². The SMILES string of the molecule is N#CCN1CCCC(C[O])C1. The van der Waals surface area contributed by atoms with E-state index >= 15 is 0 Å². The Morgan fingerprint density at radius 1 is 1.64 bits per heavy atom. The lowest BCUT2D eigenvalue weighted by Crippen LogP contribution is -2.36. The first-order valence-corrected chi connectivity index (χ1v) is 4.04. The Morgan fingerprint density at radius 3 is 3.09 bits per heavy atom. The molecule has 61 valence electrons. The highest BCUT2D eigenvalue weighted by atomic mass is 16.3. The summed E-state index contributed by atoms with van der Waals surface area (Å²) < 4.78 is 0. The van der Waals surface area contributed by atoms with Crippen LogP contribution < -0.4 is 0 Å². The average Bonchev–Trinajstić information content (AvgIpc) is 2.06. The summed E-state index contributed by atoms with van der Waals surface area (Å²) >= 11 is 0. The zero-order chi connectivity index (χ0) is 8.10. The number of hydrogen-bond donors (Lipinski definition) is 0. The molecule has 0 saturated carbocycles. The van der Waals surface area contributed by atoms with Crippen molar-refractivity contribution in [3.63, 3.8) is 0 Å². The maximum atomic E-state index is 10.5. The predicted octanol–water partition coefficient (Wildman–Crippen LogP) is 0.652. The third-order valence-electron chi connectivity index (χ3n) is 2.13. The van der Waals surface area contributed by atoms with E-state index in [1.807, 2.05) is 0 Å². The number of hydrogen-bond acceptors (Lipinski definition) is 2. The second-order valence-electron chi connectivity index (χ2n) is 3.07. The molecular weight excluding hydrogens is 140 g/mol. The van der Waals surface area contributed by atoms with Gasteiger partial charge in [-0.3, -0.25) is 4.90 Å². The molecule has 11 heavy (non-hydrogen) atoms. The van der Waals surface area contributed by atoms with Gasteiger partial charge in [-0.2, -0.15) is 5.26 Å². The minimum Gasteiger partial charge on any atom is -0.290 e. The van der Waals surface area contributed by atoms with E-state index in [-0.39, 0.29) is 12.5 Å². The van der Waals surface area contributed by atoms with Crippen molar-refractivity contribution >= 4 is 0 Å². The molecule has 1 rings (SSSR count). The van der Waals surface area contributed by atoms with Gasteiger partial charge in [0.25, 0.3) is 0 Å². The molecule has 3 heteroatoms. The van der Waals surface area contributed by atoms with Crippen LogP contribution in [0.15, 0.2) is 0 Å². The summed E-state index contributed by atoms with van der Waals surface area (Å²) in [6, 6.07) is 2.11. The standard InChI is InChI=1S/C8H13N2O/c9-3-5-10-4-1-2-8(6-10)7-11/h8H,1-2,4-7H2. The van der Waals surface area contributed by atoms with Crippen molar-refractivity contribution in [2.75, 3.05) is 26.2 Å². The van der Waals surface area contributed by atoms with Crippen molar-refractivity contribution in [1.82, 2.24) is 4.90 Å². The fourth-order valence-corrected chi connectivity index (χ4v) is 1.53. The van der Waals surface area contributed by atoms with Crippen molar-refractivity contribution in [1.29, 1.82) is 5.26 Å². The molecule has 1 heterocycles. The van der Waals surface area contributed by atoms with Crippen LogP contribution in [0.2, 0.25) is 0 Å². The van der Waals surface area contributed by atoms with Crippen LogP contribution in [-0.4, -0.2) is 31.1 Å². The van der Waals surface area contributed by atoms with Crippen LogP contribution in [0.4, 0.5) is 0 Å². The molecule has 0 bridgehead atoms. The third-order valence-corrected chi connectivity index (χ3v) is 2.13. The molecule has 0 aromatic rings. The predicted molar refractivity (Wildman–Crippen MR) is 40.3 cm³/mol. The maximum Gasteiger partial charge on any atom is 0.0866 e. The summed E-state index contributed by atoms with van der Waals surface area (Å²) in [6.45, 7) is 2.32. The fourth-order valence-electron chi connectivity index (χ4n) is 1.53. The monoisotopic (exact) mass is 153 g/mol. The Bertz CT molecular complexity index is 153. The molecule has 1 unspecified atom stereocenters. The minimum atomic E-state index is 0.0158. The minimum absolute atomic E-state index is 0.0158. The van der Waals surface area contributed by atoms with Gasteiger partial charge in [0.05, 0.1) is 19.2 Å². The molecule has 0 N–H and O–H groups in total. The van der Waals surface area contributed by atoms with Crippen molar-refractivity contribution in [3.8, 4) is 6.07 Å². The highest BCUT2D eigenvalue weighted by molar-refractivity contribution is 4.80. The van der Waals surface area contributed by atoms with Gasteiger partial charge >= 0.3 is 0 Å². The van der Waals surface area contributed by atoms with E-state index < -0.39 is 0 Å². The van der Waals surface area contributed by atoms with Crippen molar-refractivity contribution in [3.05, 3.63) is 0 Å². The number of likely N-dealkylation sites (tertiary alicyclic amines) is 1. The molecule has 1 atom stereocenters. The summed E-state index contributed by atoms with van der Waals surface area (Å²) in [4.78, 5) is 2.06. The van der Waals surface area contributed by atoms with Gasteiger partial charge < -0.3 is 0 Å². The Morgan fingerprint density at radius 2 is 2.45 bits per heavy atom. The molecule has 1 fully saturated rings. The van der Waals surface area contributed by atoms with Gasteiger partial charge in [-0.15, -0.1) is 0 Å². The lowest BCUT2D eigenvalue weighted by molar-refractivity contribution is 0.0883. The number of rotatable bonds is 2. The Hall–Kier alpha value is -0.590. The molecule has 1 aliphatic heterocycles. The van der Waals surface area contributed by atoms with Gasteiger partial charge in [-0.25, -0.2) is 5.11 Å². The summed E-state index contributed by atoms with van der Waals surface area (Å²) in [5.41, 5.74) is 0. The Kier molecular flexibility index (Phi) is 3.34. The van der Waals surface area contributed by atoms with E-state index in [9.17, 15) is 5.11 Å². The molecule has 0 spiro atoms. The largest absolute Gasteiger partial charge is 0.290 e. The molecule has 0 aromatic heterocycles. The lowest BCUT2D eigenvalue weighted by atomic mass is 9.99. The van der Waals surface area contributed by atoms with Crippen LogP contribution in [0.3, 0.4) is 0 Å². The lowest BCUT2D eigenvalue weighted by Gasteiger charge is -2.29. The van der Waals surface area contributed by atoms with Crippen LogP contribution in [0, 0.1) is 17.2 Å². The molecule has 3 nitrogen and oxygen atoms in total. The van der Waals surface area contributed by atoms with E-state index in [1.165, 1.54) is 0 Å². The van der Waals surface area contributed by atoms with Gasteiger partial charge in [0.2, 0.25) is 0 Å². The fraction of sp³-hybridized carbons (Fsp3) is 0.875. The van der Waals surface area contributed by atoms with Crippen LogP contribution in [-0.2, 0) is 5.11 Å². The number of nitrogens with zero attached hydrogens (tertiary/aromatic N) is 2. The van der Waals surface area contributed by atoms with Crippen LogP contribution in [0.25, 0.3) is 0 Å². The molecule has 1 radical (unpaired) electrons. The Labute approximate surface area is 67.2 Å². The van der Waals surface area contributed by atoms with Gasteiger partial charge in [0, 0.05) is 6.54 Å². The maximum absolute atomic E-state index is 10.5. The average molecular weight is 153 g/mol. The first kappa shape index (κ1) is 8.51. The molecule has 1 aliphatic rings.